The molecule has 2 N–H and O–H groups in total. The van der Waals surface area contributed by atoms with Crippen molar-refractivity contribution in [1.29, 1.82) is 0 Å². The lowest BCUT2D eigenvalue weighted by molar-refractivity contribution is -0.148. The molecule has 1 aromatic rings. The molecule has 0 bridgehead atoms. The van der Waals surface area contributed by atoms with Crippen LogP contribution in [0.4, 0.5) is 0 Å². The minimum Gasteiger partial charge on any atom is -0.480 e. The highest BCUT2D eigenvalue weighted by molar-refractivity contribution is 7.99. The van der Waals surface area contributed by atoms with Gasteiger partial charge in [0.25, 0.3) is 0 Å². The number of aliphatic carboxylic acids is 1. The Balaban J connectivity index is 1.67. The average Bonchev–Trinajstić information content (AvgIpc) is 3.31. The molecule has 1 aliphatic carbocycles. The molecule has 1 aromatic carbocycles. The van der Waals surface area contributed by atoms with Crippen molar-refractivity contribution in [3.8, 4) is 0 Å². The van der Waals surface area contributed by atoms with Gasteiger partial charge in [0.05, 0.1) is 10.0 Å². The summed E-state index contributed by atoms with van der Waals surface area (Å²) in [4.78, 5) is 24.1. The first-order valence-electron chi connectivity index (χ1n) is 7.51. The summed E-state index contributed by atoms with van der Waals surface area (Å²) in [5.41, 5.74) is -0.129. The second kappa shape index (κ2) is 6.54. The number of amides is 1. The minimum absolute atomic E-state index is 0.0913. The van der Waals surface area contributed by atoms with Crippen molar-refractivity contribution in [2.45, 2.75) is 30.7 Å². The average molecular weight is 374 g/mol. The second-order valence-corrected chi connectivity index (χ2v) is 8.15. The maximum atomic E-state index is 12.5. The minimum atomic E-state index is -1.10. The van der Waals surface area contributed by atoms with E-state index >= 15 is 0 Å². The van der Waals surface area contributed by atoms with Gasteiger partial charge in [-0.05, 0) is 54.4 Å². The summed E-state index contributed by atoms with van der Waals surface area (Å²) >= 11 is 13.7. The van der Waals surface area contributed by atoms with Crippen LogP contribution >= 0.6 is 35.0 Å². The molecule has 0 spiro atoms. The molecule has 124 valence electrons. The molecule has 2 fully saturated rings. The van der Waals surface area contributed by atoms with E-state index < -0.39 is 11.5 Å². The molecule has 0 radical (unpaired) electrons. The second-order valence-electron chi connectivity index (χ2n) is 6.11. The number of thioether (sulfide) groups is 1. The maximum absolute atomic E-state index is 12.5. The van der Waals surface area contributed by atoms with Gasteiger partial charge < -0.3 is 10.4 Å². The Morgan fingerprint density at radius 3 is 2.52 bits per heavy atom. The molecule has 0 aromatic heterocycles. The Morgan fingerprint density at radius 2 is 1.91 bits per heavy atom. The van der Waals surface area contributed by atoms with Gasteiger partial charge in [-0.15, -0.1) is 0 Å². The van der Waals surface area contributed by atoms with Crippen molar-refractivity contribution in [3.63, 3.8) is 0 Å². The van der Waals surface area contributed by atoms with Crippen LogP contribution in [0.25, 0.3) is 0 Å². The Labute approximate surface area is 148 Å². The van der Waals surface area contributed by atoms with E-state index in [0.717, 1.165) is 17.1 Å². The van der Waals surface area contributed by atoms with Crippen molar-refractivity contribution < 1.29 is 14.7 Å². The largest absolute Gasteiger partial charge is 0.480 e. The molecule has 2 aliphatic rings. The third kappa shape index (κ3) is 3.47. The van der Waals surface area contributed by atoms with E-state index in [1.54, 1.807) is 23.9 Å². The molecule has 3 rings (SSSR count). The predicted molar refractivity (Wildman–Crippen MR) is 92.4 cm³/mol. The van der Waals surface area contributed by atoms with Crippen molar-refractivity contribution in [1.82, 2.24) is 5.32 Å². The first-order valence-corrected chi connectivity index (χ1v) is 9.42. The Kier molecular flexibility index (Phi) is 4.81. The van der Waals surface area contributed by atoms with E-state index in [-0.39, 0.29) is 17.7 Å². The first-order chi connectivity index (χ1) is 10.9. The quantitative estimate of drug-likeness (QED) is 0.846. The molecule has 1 aliphatic heterocycles. The maximum Gasteiger partial charge on any atom is 0.329 e. The lowest BCUT2D eigenvalue weighted by Crippen LogP contribution is -2.57. The summed E-state index contributed by atoms with van der Waals surface area (Å²) in [6, 6.07) is 5.38. The Bertz CT molecular complexity index is 646. The van der Waals surface area contributed by atoms with Gasteiger partial charge in [0.1, 0.15) is 5.54 Å². The van der Waals surface area contributed by atoms with Gasteiger partial charge >= 0.3 is 5.97 Å². The fraction of sp³-hybridized carbons (Fsp3) is 0.500. The van der Waals surface area contributed by atoms with E-state index in [4.69, 9.17) is 23.2 Å². The summed E-state index contributed by atoms with van der Waals surface area (Å²) < 4.78 is 0. The molecule has 4 nitrogen and oxygen atoms in total. The Morgan fingerprint density at radius 1 is 1.22 bits per heavy atom. The van der Waals surface area contributed by atoms with E-state index in [1.165, 1.54) is 0 Å². The van der Waals surface area contributed by atoms with Crippen LogP contribution in [0.15, 0.2) is 18.2 Å². The zero-order valence-electron chi connectivity index (χ0n) is 12.4. The lowest BCUT2D eigenvalue weighted by Gasteiger charge is -2.33. The summed E-state index contributed by atoms with van der Waals surface area (Å²) in [6.45, 7) is 0. The van der Waals surface area contributed by atoms with Gasteiger partial charge in [0, 0.05) is 5.92 Å². The number of hydrogen-bond acceptors (Lipinski definition) is 3. The van der Waals surface area contributed by atoms with Crippen LogP contribution in [0.3, 0.4) is 0 Å². The molecule has 1 saturated carbocycles. The molecular weight excluding hydrogens is 357 g/mol. The smallest absolute Gasteiger partial charge is 0.329 e. The molecule has 2 unspecified atom stereocenters. The molecule has 1 amide bonds. The molecule has 1 heterocycles. The Hall–Kier alpha value is -0.910. The van der Waals surface area contributed by atoms with Crippen LogP contribution in [0.5, 0.6) is 0 Å². The number of rotatable bonds is 4. The van der Waals surface area contributed by atoms with Crippen LogP contribution in [0.1, 0.15) is 30.7 Å². The van der Waals surface area contributed by atoms with Crippen LogP contribution in [0, 0.1) is 5.92 Å². The first kappa shape index (κ1) is 16.9. The van der Waals surface area contributed by atoms with Crippen molar-refractivity contribution in [2.75, 3.05) is 11.5 Å². The standard InChI is InChI=1S/C16H17Cl2NO3S/c17-12-2-1-9(7-13(12)18)10-8-11(10)14(20)19-16(15(21)22)3-5-23-6-4-16/h1-2,7,10-11H,3-6,8H2,(H,19,20)(H,21,22). The normalized spacial score (nSPS) is 25.7. The van der Waals surface area contributed by atoms with E-state index in [1.807, 2.05) is 6.07 Å². The zero-order valence-corrected chi connectivity index (χ0v) is 14.7. The number of benzene rings is 1. The monoisotopic (exact) mass is 373 g/mol. The van der Waals surface area contributed by atoms with Crippen LogP contribution in [-0.4, -0.2) is 34.0 Å². The number of carbonyl (C=O) groups is 2. The highest BCUT2D eigenvalue weighted by atomic mass is 35.5. The van der Waals surface area contributed by atoms with Gasteiger partial charge in [0.15, 0.2) is 0 Å². The van der Waals surface area contributed by atoms with Gasteiger partial charge in [-0.25, -0.2) is 4.79 Å². The summed E-state index contributed by atoms with van der Waals surface area (Å²) in [7, 11) is 0. The van der Waals surface area contributed by atoms with Crippen molar-refractivity contribution in [2.24, 2.45) is 5.92 Å². The molecular formula is C16H17Cl2NO3S. The van der Waals surface area contributed by atoms with Crippen LogP contribution in [0.2, 0.25) is 10.0 Å². The third-order valence-electron chi connectivity index (χ3n) is 4.62. The number of nitrogens with one attached hydrogen (secondary N) is 1. The van der Waals surface area contributed by atoms with Gasteiger partial charge in [0.2, 0.25) is 5.91 Å². The highest BCUT2D eigenvalue weighted by Crippen LogP contribution is 2.49. The third-order valence-corrected chi connectivity index (χ3v) is 6.34. The fourth-order valence-electron chi connectivity index (χ4n) is 3.04. The topological polar surface area (TPSA) is 66.4 Å². The van der Waals surface area contributed by atoms with E-state index in [2.05, 4.69) is 5.32 Å². The molecule has 1 saturated heterocycles. The fourth-order valence-corrected chi connectivity index (χ4v) is 4.53. The number of carboxylic acid groups (broad SMARTS) is 1. The summed E-state index contributed by atoms with van der Waals surface area (Å²) in [5, 5.41) is 13.3. The molecule has 7 heteroatoms. The van der Waals surface area contributed by atoms with Crippen LogP contribution in [-0.2, 0) is 9.59 Å². The number of halogens is 2. The van der Waals surface area contributed by atoms with E-state index in [9.17, 15) is 14.7 Å². The van der Waals surface area contributed by atoms with Crippen molar-refractivity contribution in [3.05, 3.63) is 33.8 Å². The number of carbonyl (C=O) groups excluding carboxylic acids is 1. The molecule has 2 atom stereocenters. The predicted octanol–water partition coefficient (Wildman–Crippen LogP) is 3.56. The number of carboxylic acids is 1. The van der Waals surface area contributed by atoms with Gasteiger partial charge in [-0.1, -0.05) is 29.3 Å². The number of hydrogen-bond donors (Lipinski definition) is 2. The highest BCUT2D eigenvalue weighted by Gasteiger charge is 2.48. The lowest BCUT2D eigenvalue weighted by atomic mass is 9.92. The zero-order chi connectivity index (χ0) is 16.6. The summed E-state index contributed by atoms with van der Waals surface area (Å²) in [5.74, 6) is 0.320. The summed E-state index contributed by atoms with van der Waals surface area (Å²) in [6.07, 6.45) is 1.67. The van der Waals surface area contributed by atoms with Crippen molar-refractivity contribution >= 4 is 46.8 Å². The van der Waals surface area contributed by atoms with Gasteiger partial charge in [-0.3, -0.25) is 4.79 Å². The van der Waals surface area contributed by atoms with E-state index in [0.29, 0.717) is 29.3 Å². The van der Waals surface area contributed by atoms with Crippen LogP contribution < -0.4 is 5.32 Å². The SMILES string of the molecule is O=C(NC1(C(=O)O)CCSCC1)C1CC1c1ccc(Cl)c(Cl)c1. The van der Waals surface area contributed by atoms with Gasteiger partial charge in [-0.2, -0.15) is 11.8 Å². The molecule has 23 heavy (non-hydrogen) atoms.